The van der Waals surface area contributed by atoms with Crippen LogP contribution in [-0.2, 0) is 0 Å². The van der Waals surface area contributed by atoms with Gasteiger partial charge in [0.15, 0.2) is 0 Å². The first-order chi connectivity index (χ1) is 5.52. The van der Waals surface area contributed by atoms with Crippen molar-refractivity contribution in [3.05, 3.63) is 28.8 Å². The Morgan fingerprint density at radius 1 is 1.67 bits per heavy atom. The van der Waals surface area contributed by atoms with E-state index in [4.69, 9.17) is 0 Å². The second-order valence-corrected chi connectivity index (χ2v) is 2.92. The molecule has 1 aliphatic heterocycles. The third-order valence-electron chi connectivity index (χ3n) is 1.52. The molecule has 0 N–H and O–H groups in total. The molecular formula is C7H11N3O2. The van der Waals surface area contributed by atoms with E-state index in [1.807, 2.05) is 13.8 Å². The SMILES string of the molecule is CC(C)N1[C]N(C)C=C1[N+](=O)[O-]. The zero-order valence-electron chi connectivity index (χ0n) is 7.31. The lowest BCUT2D eigenvalue weighted by molar-refractivity contribution is -0.444. The Balaban J connectivity index is 2.80. The Kier molecular flexibility index (Phi) is 2.21. The first-order valence-corrected chi connectivity index (χ1v) is 3.67. The van der Waals surface area contributed by atoms with Crippen LogP contribution in [-0.4, -0.2) is 27.8 Å². The van der Waals surface area contributed by atoms with Gasteiger partial charge in [-0.2, -0.15) is 0 Å². The third-order valence-corrected chi connectivity index (χ3v) is 1.52. The summed E-state index contributed by atoms with van der Waals surface area (Å²) in [6, 6.07) is 0.0617. The molecular weight excluding hydrogens is 158 g/mol. The van der Waals surface area contributed by atoms with E-state index in [0.29, 0.717) is 0 Å². The Hall–Kier alpha value is -1.26. The van der Waals surface area contributed by atoms with Crippen molar-refractivity contribution in [1.82, 2.24) is 9.80 Å². The topological polar surface area (TPSA) is 49.6 Å². The summed E-state index contributed by atoms with van der Waals surface area (Å²) in [6.45, 7) is 6.57. The van der Waals surface area contributed by atoms with Gasteiger partial charge in [0.1, 0.15) is 0 Å². The molecule has 0 aliphatic carbocycles. The molecule has 0 aromatic carbocycles. The van der Waals surface area contributed by atoms with Crippen LogP contribution in [0.5, 0.6) is 0 Å². The summed E-state index contributed by atoms with van der Waals surface area (Å²) in [5.74, 6) is 0.0764. The van der Waals surface area contributed by atoms with E-state index in [9.17, 15) is 10.1 Å². The van der Waals surface area contributed by atoms with Gasteiger partial charge >= 0.3 is 12.5 Å². The van der Waals surface area contributed by atoms with Crippen LogP contribution < -0.4 is 0 Å². The summed E-state index contributed by atoms with van der Waals surface area (Å²) in [6.07, 6.45) is 1.44. The van der Waals surface area contributed by atoms with Crippen molar-refractivity contribution in [2.45, 2.75) is 19.9 Å². The van der Waals surface area contributed by atoms with E-state index in [0.717, 1.165) is 0 Å². The van der Waals surface area contributed by atoms with Crippen LogP contribution in [0.3, 0.4) is 0 Å². The van der Waals surface area contributed by atoms with Gasteiger partial charge in [0.25, 0.3) is 0 Å². The van der Waals surface area contributed by atoms with Gasteiger partial charge < -0.3 is 15.0 Å². The Morgan fingerprint density at radius 3 is 2.58 bits per heavy atom. The lowest BCUT2D eigenvalue weighted by Crippen LogP contribution is -2.29. The molecule has 5 heteroatoms. The normalized spacial score (nSPS) is 17.2. The van der Waals surface area contributed by atoms with Crippen LogP contribution in [0.2, 0.25) is 0 Å². The Labute approximate surface area is 71.4 Å². The highest BCUT2D eigenvalue weighted by atomic mass is 16.6. The van der Waals surface area contributed by atoms with Crippen molar-refractivity contribution in [2.75, 3.05) is 7.05 Å². The van der Waals surface area contributed by atoms with Crippen molar-refractivity contribution >= 4 is 0 Å². The van der Waals surface area contributed by atoms with Crippen LogP contribution in [0.1, 0.15) is 13.8 Å². The van der Waals surface area contributed by atoms with E-state index >= 15 is 0 Å². The molecule has 1 heterocycles. The summed E-state index contributed by atoms with van der Waals surface area (Å²) in [5, 5.41) is 10.5. The molecule has 0 amide bonds. The van der Waals surface area contributed by atoms with E-state index < -0.39 is 4.92 Å². The minimum absolute atomic E-state index is 0.0617. The number of nitrogens with zero attached hydrogens (tertiary/aromatic N) is 3. The summed E-state index contributed by atoms with van der Waals surface area (Å²) in [5.41, 5.74) is 0. The van der Waals surface area contributed by atoms with Crippen LogP contribution in [0.4, 0.5) is 0 Å². The highest BCUT2D eigenvalue weighted by molar-refractivity contribution is 5.03. The molecule has 0 bridgehead atoms. The fourth-order valence-electron chi connectivity index (χ4n) is 1.00. The predicted octanol–water partition coefficient (Wildman–Crippen LogP) is 0.714. The average Bonchev–Trinajstić information content (AvgIpc) is 2.31. The first-order valence-electron chi connectivity index (χ1n) is 3.67. The molecule has 0 aromatic rings. The van der Waals surface area contributed by atoms with Crippen molar-refractivity contribution in [3.63, 3.8) is 0 Å². The van der Waals surface area contributed by atoms with E-state index in [2.05, 4.69) is 6.67 Å². The zero-order valence-corrected chi connectivity index (χ0v) is 7.31. The van der Waals surface area contributed by atoms with E-state index in [1.54, 1.807) is 11.9 Å². The van der Waals surface area contributed by atoms with Gasteiger partial charge in [-0.3, -0.25) is 0 Å². The highest BCUT2D eigenvalue weighted by Crippen LogP contribution is 2.20. The predicted molar refractivity (Wildman–Crippen MR) is 43.1 cm³/mol. The van der Waals surface area contributed by atoms with Crippen molar-refractivity contribution < 1.29 is 4.92 Å². The molecule has 0 aromatic heterocycles. The standard InChI is InChI=1S/C7H11N3O2/c1-6(2)9-5-8(3)4-7(9)10(11)12/h4,6H,1-3H3. The number of nitro groups is 1. The van der Waals surface area contributed by atoms with Crippen LogP contribution in [0.25, 0.3) is 0 Å². The van der Waals surface area contributed by atoms with Crippen LogP contribution >= 0.6 is 0 Å². The van der Waals surface area contributed by atoms with Crippen LogP contribution in [0.15, 0.2) is 12.0 Å². The lowest BCUT2D eigenvalue weighted by Gasteiger charge is -2.15. The number of hydrogen-bond acceptors (Lipinski definition) is 4. The van der Waals surface area contributed by atoms with Crippen molar-refractivity contribution in [1.29, 1.82) is 0 Å². The minimum Gasteiger partial charge on any atom is -0.358 e. The summed E-state index contributed by atoms with van der Waals surface area (Å²) < 4.78 is 0. The molecule has 0 fully saturated rings. The van der Waals surface area contributed by atoms with Gasteiger partial charge in [-0.05, 0) is 18.8 Å². The van der Waals surface area contributed by atoms with Gasteiger partial charge in [-0.1, -0.05) is 0 Å². The second kappa shape index (κ2) is 3.00. The fraction of sp³-hybridized carbons (Fsp3) is 0.571. The van der Waals surface area contributed by atoms with Crippen molar-refractivity contribution in [3.8, 4) is 0 Å². The van der Waals surface area contributed by atoms with Gasteiger partial charge in [-0.25, -0.2) is 4.90 Å². The highest BCUT2D eigenvalue weighted by Gasteiger charge is 2.33. The van der Waals surface area contributed by atoms with Crippen molar-refractivity contribution in [2.24, 2.45) is 0 Å². The quantitative estimate of drug-likeness (QED) is 0.451. The Morgan fingerprint density at radius 2 is 2.25 bits per heavy atom. The van der Waals surface area contributed by atoms with Gasteiger partial charge in [0.05, 0.1) is 12.2 Å². The fourth-order valence-corrected chi connectivity index (χ4v) is 1.00. The zero-order chi connectivity index (χ0) is 9.30. The molecule has 0 unspecified atom stereocenters. The molecule has 0 saturated carbocycles. The number of hydrogen-bond donors (Lipinski definition) is 0. The third kappa shape index (κ3) is 1.49. The number of rotatable bonds is 2. The molecule has 0 atom stereocenters. The molecule has 0 saturated heterocycles. The largest absolute Gasteiger partial charge is 0.358 e. The van der Waals surface area contributed by atoms with E-state index in [1.165, 1.54) is 11.1 Å². The first kappa shape index (κ1) is 8.83. The van der Waals surface area contributed by atoms with Gasteiger partial charge in [-0.15, -0.1) is 0 Å². The molecule has 0 spiro atoms. The smallest absolute Gasteiger partial charge is 0.336 e. The average molecular weight is 169 g/mol. The lowest BCUT2D eigenvalue weighted by atomic mass is 10.3. The maximum absolute atomic E-state index is 10.5. The Bertz CT molecular complexity index is 225. The summed E-state index contributed by atoms with van der Waals surface area (Å²) >= 11 is 0. The molecule has 1 aliphatic rings. The summed E-state index contributed by atoms with van der Waals surface area (Å²) in [4.78, 5) is 13.1. The molecule has 5 nitrogen and oxygen atoms in total. The summed E-state index contributed by atoms with van der Waals surface area (Å²) in [7, 11) is 1.71. The maximum atomic E-state index is 10.5. The minimum atomic E-state index is -0.406. The molecule has 12 heavy (non-hydrogen) atoms. The van der Waals surface area contributed by atoms with Crippen LogP contribution in [0, 0.1) is 16.8 Å². The molecule has 1 rings (SSSR count). The maximum Gasteiger partial charge on any atom is 0.336 e. The second-order valence-electron chi connectivity index (χ2n) is 2.92. The van der Waals surface area contributed by atoms with E-state index in [-0.39, 0.29) is 11.9 Å². The van der Waals surface area contributed by atoms with Gasteiger partial charge in [0, 0.05) is 7.05 Å². The molecule has 66 valence electrons. The molecule has 2 radical (unpaired) electrons. The monoisotopic (exact) mass is 169 g/mol. The van der Waals surface area contributed by atoms with Gasteiger partial charge in [0.2, 0.25) is 0 Å².